The first kappa shape index (κ1) is 17.7. The maximum absolute atomic E-state index is 11.6. The van der Waals surface area contributed by atoms with Gasteiger partial charge >= 0.3 is 22.3 Å². The van der Waals surface area contributed by atoms with Crippen LogP contribution in [-0.4, -0.2) is 38.2 Å². The van der Waals surface area contributed by atoms with Crippen LogP contribution >= 0.6 is 0 Å². The lowest BCUT2D eigenvalue weighted by Crippen LogP contribution is -2.43. The quantitative estimate of drug-likeness (QED) is 0.666. The van der Waals surface area contributed by atoms with Gasteiger partial charge in [0, 0.05) is 6.54 Å². The molecule has 0 spiro atoms. The number of hydrogen-bond donors (Lipinski definition) is 3. The fourth-order valence-electron chi connectivity index (χ4n) is 2.23. The van der Waals surface area contributed by atoms with Gasteiger partial charge in [-0.3, -0.25) is 4.79 Å². The van der Waals surface area contributed by atoms with E-state index in [0.29, 0.717) is 25.7 Å². The molecule has 0 atom stereocenters. The standard InChI is InChI=1S/C12H22N2O6S/c1-8(2)20-12(17)14-21(18,19)13-7-9-3-5-10(6-4-9)11(15)16/h8-10,13H,3-7H2,1-2H3,(H,14,17)(H,15,16). The summed E-state index contributed by atoms with van der Waals surface area (Å²) in [6, 6.07) is 0. The van der Waals surface area contributed by atoms with Crippen molar-refractivity contribution in [3.8, 4) is 0 Å². The Balaban J connectivity index is 2.34. The number of hydrogen-bond acceptors (Lipinski definition) is 5. The summed E-state index contributed by atoms with van der Waals surface area (Å²) in [5.74, 6) is -1.05. The summed E-state index contributed by atoms with van der Waals surface area (Å²) in [5.41, 5.74) is 0. The molecule has 1 saturated carbocycles. The highest BCUT2D eigenvalue weighted by Crippen LogP contribution is 2.28. The van der Waals surface area contributed by atoms with Crippen molar-refractivity contribution >= 4 is 22.3 Å². The highest BCUT2D eigenvalue weighted by Gasteiger charge is 2.27. The van der Waals surface area contributed by atoms with Crippen molar-refractivity contribution in [1.29, 1.82) is 0 Å². The largest absolute Gasteiger partial charge is 0.481 e. The van der Waals surface area contributed by atoms with Crippen molar-refractivity contribution in [2.45, 2.75) is 45.6 Å². The maximum Gasteiger partial charge on any atom is 0.422 e. The van der Waals surface area contributed by atoms with E-state index in [-0.39, 0.29) is 18.4 Å². The van der Waals surface area contributed by atoms with Gasteiger partial charge in [-0.1, -0.05) is 0 Å². The van der Waals surface area contributed by atoms with Crippen LogP contribution in [0.5, 0.6) is 0 Å². The average Bonchev–Trinajstić information content (AvgIpc) is 2.35. The van der Waals surface area contributed by atoms with E-state index >= 15 is 0 Å². The van der Waals surface area contributed by atoms with E-state index in [2.05, 4.69) is 9.46 Å². The zero-order valence-electron chi connectivity index (χ0n) is 12.2. The lowest BCUT2D eigenvalue weighted by atomic mass is 9.82. The highest BCUT2D eigenvalue weighted by molar-refractivity contribution is 7.88. The molecule has 0 heterocycles. The molecule has 1 aliphatic carbocycles. The monoisotopic (exact) mass is 322 g/mol. The van der Waals surface area contributed by atoms with E-state index in [1.807, 2.05) is 0 Å². The van der Waals surface area contributed by atoms with Crippen LogP contribution in [0.15, 0.2) is 0 Å². The second kappa shape index (κ2) is 7.60. The van der Waals surface area contributed by atoms with Gasteiger partial charge in [0.25, 0.3) is 0 Å². The molecule has 1 aliphatic rings. The molecular formula is C12H22N2O6S. The number of carboxylic acids is 1. The second-order valence-corrected chi connectivity index (χ2v) is 6.96. The fourth-order valence-corrected chi connectivity index (χ4v) is 3.02. The van der Waals surface area contributed by atoms with E-state index in [1.54, 1.807) is 18.6 Å². The Morgan fingerprint density at radius 1 is 1.24 bits per heavy atom. The molecule has 8 nitrogen and oxygen atoms in total. The number of carbonyl (C=O) groups is 2. The minimum absolute atomic E-state index is 0.0818. The molecule has 1 amide bonds. The molecule has 0 aromatic rings. The molecule has 0 saturated heterocycles. The van der Waals surface area contributed by atoms with Gasteiger partial charge in [-0.2, -0.15) is 13.1 Å². The van der Waals surface area contributed by atoms with E-state index in [1.165, 1.54) is 0 Å². The molecular weight excluding hydrogens is 300 g/mol. The molecule has 122 valence electrons. The average molecular weight is 322 g/mol. The van der Waals surface area contributed by atoms with Gasteiger partial charge in [-0.05, 0) is 45.4 Å². The predicted molar refractivity (Wildman–Crippen MR) is 74.8 cm³/mol. The Morgan fingerprint density at radius 3 is 2.29 bits per heavy atom. The van der Waals surface area contributed by atoms with Crippen LogP contribution in [0, 0.1) is 11.8 Å². The van der Waals surface area contributed by atoms with Gasteiger partial charge in [0.1, 0.15) is 0 Å². The molecule has 0 aliphatic heterocycles. The lowest BCUT2D eigenvalue weighted by Gasteiger charge is -2.26. The molecule has 0 aromatic carbocycles. The molecule has 0 aromatic heterocycles. The van der Waals surface area contributed by atoms with Crippen LogP contribution in [0.1, 0.15) is 39.5 Å². The summed E-state index contributed by atoms with van der Waals surface area (Å²) in [6.07, 6.45) is 0.958. The lowest BCUT2D eigenvalue weighted by molar-refractivity contribution is -0.143. The second-order valence-electron chi connectivity index (χ2n) is 5.46. The zero-order valence-corrected chi connectivity index (χ0v) is 13.0. The van der Waals surface area contributed by atoms with Crippen LogP contribution in [0.3, 0.4) is 0 Å². The van der Waals surface area contributed by atoms with Gasteiger partial charge < -0.3 is 9.84 Å². The summed E-state index contributed by atoms with van der Waals surface area (Å²) < 4.78 is 32.0. The minimum atomic E-state index is -3.95. The normalized spacial score (nSPS) is 22.8. The van der Waals surface area contributed by atoms with Gasteiger partial charge in [0.15, 0.2) is 0 Å². The summed E-state index contributed by atoms with van der Waals surface area (Å²) in [7, 11) is -3.95. The topological polar surface area (TPSA) is 122 Å². The first-order valence-corrected chi connectivity index (χ1v) is 8.38. The van der Waals surface area contributed by atoms with Crippen molar-refractivity contribution in [3.05, 3.63) is 0 Å². The molecule has 21 heavy (non-hydrogen) atoms. The Bertz CT molecular complexity index is 468. The molecule has 0 bridgehead atoms. The fraction of sp³-hybridized carbons (Fsp3) is 0.833. The first-order valence-electron chi connectivity index (χ1n) is 6.90. The minimum Gasteiger partial charge on any atom is -0.481 e. The van der Waals surface area contributed by atoms with Gasteiger partial charge in [-0.15, -0.1) is 0 Å². The third-order valence-corrected chi connectivity index (χ3v) is 4.30. The van der Waals surface area contributed by atoms with Crippen LogP contribution in [0.2, 0.25) is 0 Å². The maximum atomic E-state index is 11.6. The number of ether oxygens (including phenoxy) is 1. The third-order valence-electron chi connectivity index (χ3n) is 3.32. The molecule has 0 radical (unpaired) electrons. The summed E-state index contributed by atoms with van der Waals surface area (Å²) in [6.45, 7) is 3.40. The number of nitrogens with one attached hydrogen (secondary N) is 2. The Morgan fingerprint density at radius 2 is 1.81 bits per heavy atom. The van der Waals surface area contributed by atoms with Crippen molar-refractivity contribution in [1.82, 2.24) is 9.44 Å². The van der Waals surface area contributed by atoms with Crippen LogP contribution in [-0.2, 0) is 19.7 Å². The van der Waals surface area contributed by atoms with Gasteiger partial charge in [0.05, 0.1) is 12.0 Å². The highest BCUT2D eigenvalue weighted by atomic mass is 32.2. The summed E-state index contributed by atoms with van der Waals surface area (Å²) in [4.78, 5) is 22.0. The molecule has 3 N–H and O–H groups in total. The van der Waals surface area contributed by atoms with Gasteiger partial charge in [-0.25, -0.2) is 9.52 Å². The van der Waals surface area contributed by atoms with E-state index < -0.39 is 28.4 Å². The SMILES string of the molecule is CC(C)OC(=O)NS(=O)(=O)NCC1CCC(C(=O)O)CC1. The van der Waals surface area contributed by atoms with Crippen molar-refractivity contribution in [2.75, 3.05) is 6.54 Å². The molecule has 9 heteroatoms. The molecule has 1 rings (SSSR count). The van der Waals surface area contributed by atoms with Crippen molar-refractivity contribution in [3.63, 3.8) is 0 Å². The summed E-state index contributed by atoms with van der Waals surface area (Å²) in [5, 5.41) is 8.88. The van der Waals surface area contributed by atoms with Gasteiger partial charge in [0.2, 0.25) is 0 Å². The van der Waals surface area contributed by atoms with E-state index in [4.69, 9.17) is 5.11 Å². The van der Waals surface area contributed by atoms with Crippen LogP contribution in [0.4, 0.5) is 4.79 Å². The number of aliphatic carboxylic acids is 1. The van der Waals surface area contributed by atoms with Crippen molar-refractivity contribution in [2.24, 2.45) is 11.8 Å². The van der Waals surface area contributed by atoms with Crippen LogP contribution < -0.4 is 9.44 Å². The van der Waals surface area contributed by atoms with Crippen molar-refractivity contribution < 1.29 is 27.9 Å². The number of carboxylic acid groups (broad SMARTS) is 1. The van der Waals surface area contributed by atoms with E-state index in [9.17, 15) is 18.0 Å². The molecule has 1 fully saturated rings. The summed E-state index contributed by atoms with van der Waals surface area (Å²) >= 11 is 0. The number of rotatable bonds is 6. The number of carbonyl (C=O) groups excluding carboxylic acids is 1. The first-order chi connectivity index (χ1) is 9.69. The number of amides is 1. The molecule has 0 unspecified atom stereocenters. The Labute approximate surface area is 124 Å². The zero-order chi connectivity index (χ0) is 16.0. The Kier molecular flexibility index (Phi) is 6.41. The third kappa shape index (κ3) is 6.76. The van der Waals surface area contributed by atoms with Crippen LogP contribution in [0.25, 0.3) is 0 Å². The smallest absolute Gasteiger partial charge is 0.422 e. The Hall–Kier alpha value is -1.35. The predicted octanol–water partition coefficient (Wildman–Crippen LogP) is 0.846. The van der Waals surface area contributed by atoms with E-state index in [0.717, 1.165) is 0 Å².